The van der Waals surface area contributed by atoms with Crippen molar-refractivity contribution < 1.29 is 9.53 Å². The summed E-state index contributed by atoms with van der Waals surface area (Å²) in [6, 6.07) is 20.6. The van der Waals surface area contributed by atoms with Crippen molar-refractivity contribution in [2.24, 2.45) is 0 Å². The molecule has 2 amide bonds. The highest BCUT2D eigenvalue weighted by atomic mass is 16.5. The number of amides is 2. The number of rotatable bonds is 6. The van der Waals surface area contributed by atoms with Gasteiger partial charge in [-0.05, 0) is 48.9 Å². The van der Waals surface area contributed by atoms with Crippen LogP contribution in [0.2, 0.25) is 0 Å². The van der Waals surface area contributed by atoms with Gasteiger partial charge < -0.3 is 15.0 Å². The summed E-state index contributed by atoms with van der Waals surface area (Å²) >= 11 is 0. The summed E-state index contributed by atoms with van der Waals surface area (Å²) in [7, 11) is 1.80. The van der Waals surface area contributed by atoms with Gasteiger partial charge in [-0.15, -0.1) is 0 Å². The fraction of sp³-hybridized carbons (Fsp3) is 0.500. The van der Waals surface area contributed by atoms with E-state index >= 15 is 0 Å². The lowest BCUT2D eigenvalue weighted by Gasteiger charge is -2.57. The van der Waals surface area contributed by atoms with Crippen LogP contribution in [0.15, 0.2) is 54.6 Å². The van der Waals surface area contributed by atoms with Crippen molar-refractivity contribution in [3.05, 3.63) is 71.3 Å². The Kier molecular flexibility index (Phi) is 7.85. The Hall–Kier alpha value is -2.63. The molecule has 1 saturated carbocycles. The average Bonchev–Trinajstić information content (AvgIpc) is 3.38. The maximum atomic E-state index is 13.1. The van der Waals surface area contributed by atoms with Crippen LogP contribution in [-0.4, -0.2) is 67.3 Å². The monoisotopic (exact) mass is 473 g/mol. The van der Waals surface area contributed by atoms with Crippen LogP contribution in [-0.2, 0) is 4.74 Å². The Morgan fingerprint density at radius 2 is 1.63 bits per heavy atom. The SMILES string of the molecule is COC[C@H]1[C@H](c2ccc(/C=C/c3ccccc3)cc2)[C@@H]2CN(C(=O)NC3CCCC3)CCCCN12. The summed E-state index contributed by atoms with van der Waals surface area (Å²) in [5, 5.41) is 3.32. The molecule has 1 aliphatic carbocycles. The maximum Gasteiger partial charge on any atom is 0.317 e. The second-order valence-corrected chi connectivity index (χ2v) is 10.3. The van der Waals surface area contributed by atoms with Gasteiger partial charge in [-0.3, -0.25) is 4.90 Å². The normalized spacial score (nSPS) is 25.6. The topological polar surface area (TPSA) is 44.8 Å². The van der Waals surface area contributed by atoms with Gasteiger partial charge in [0.1, 0.15) is 0 Å². The van der Waals surface area contributed by atoms with E-state index in [1.165, 1.54) is 29.5 Å². The third-order valence-electron chi connectivity index (χ3n) is 8.08. The molecule has 3 aliphatic rings. The fourth-order valence-electron chi connectivity index (χ4n) is 6.20. The second-order valence-electron chi connectivity index (χ2n) is 10.3. The highest BCUT2D eigenvalue weighted by Gasteiger charge is 2.49. The van der Waals surface area contributed by atoms with Crippen LogP contribution < -0.4 is 5.32 Å². The number of urea groups is 1. The molecular weight excluding hydrogens is 434 g/mol. The first-order chi connectivity index (χ1) is 17.2. The Balaban J connectivity index is 1.30. The van der Waals surface area contributed by atoms with Crippen molar-refractivity contribution in [3.8, 4) is 0 Å². The number of nitrogens with one attached hydrogen (secondary N) is 1. The standard InChI is InChI=1S/C30H39N3O2/c1-35-22-28-29(25-17-15-24(16-18-25)14-13-23-9-3-2-4-10-23)27-21-32(19-7-8-20-33(27)28)30(34)31-26-11-5-6-12-26/h2-4,9-10,13-18,26-29H,5-8,11-12,19-22H2,1H3,(H,31,34)/b14-13+/t27-,28-,29+/m0/s1. The van der Waals surface area contributed by atoms with Crippen molar-refractivity contribution >= 4 is 18.2 Å². The molecule has 5 rings (SSSR count). The Morgan fingerprint density at radius 1 is 0.943 bits per heavy atom. The quantitative estimate of drug-likeness (QED) is 0.573. The number of benzene rings is 2. The highest BCUT2D eigenvalue weighted by molar-refractivity contribution is 5.74. The number of nitrogens with zero attached hydrogens (tertiary/aromatic N) is 2. The van der Waals surface area contributed by atoms with Gasteiger partial charge in [0.25, 0.3) is 0 Å². The van der Waals surface area contributed by atoms with Crippen LogP contribution in [0.4, 0.5) is 4.79 Å². The minimum absolute atomic E-state index is 0.133. The zero-order valence-corrected chi connectivity index (χ0v) is 20.9. The van der Waals surface area contributed by atoms with Gasteiger partial charge in [0, 0.05) is 44.2 Å². The molecule has 0 spiro atoms. The zero-order chi connectivity index (χ0) is 24.0. The molecule has 186 valence electrons. The first-order valence-corrected chi connectivity index (χ1v) is 13.4. The van der Waals surface area contributed by atoms with Crippen molar-refractivity contribution in [1.82, 2.24) is 15.1 Å². The lowest BCUT2D eigenvalue weighted by molar-refractivity contribution is -0.0668. The first kappa shape index (κ1) is 24.1. The van der Waals surface area contributed by atoms with E-state index in [9.17, 15) is 4.79 Å². The smallest absolute Gasteiger partial charge is 0.317 e. The highest BCUT2D eigenvalue weighted by Crippen LogP contribution is 2.42. The third kappa shape index (κ3) is 5.62. The number of hydrogen-bond donors (Lipinski definition) is 1. The molecule has 1 N–H and O–H groups in total. The van der Waals surface area contributed by atoms with Crippen LogP contribution in [0.25, 0.3) is 12.2 Å². The van der Waals surface area contributed by atoms with Gasteiger partial charge in [-0.2, -0.15) is 0 Å². The Bertz CT molecular complexity index is 984. The van der Waals surface area contributed by atoms with Gasteiger partial charge in [-0.25, -0.2) is 4.79 Å². The van der Waals surface area contributed by atoms with Gasteiger partial charge in [-0.1, -0.05) is 79.6 Å². The predicted molar refractivity (Wildman–Crippen MR) is 142 cm³/mol. The van der Waals surface area contributed by atoms with E-state index in [1.54, 1.807) is 7.11 Å². The number of carbonyl (C=O) groups is 1. The summed E-state index contributed by atoms with van der Waals surface area (Å²) in [6.45, 7) is 3.46. The van der Waals surface area contributed by atoms with Crippen molar-refractivity contribution in [1.29, 1.82) is 0 Å². The molecule has 0 aromatic heterocycles. The molecule has 5 heteroatoms. The van der Waals surface area contributed by atoms with Gasteiger partial charge >= 0.3 is 6.03 Å². The molecule has 2 aromatic rings. The molecule has 0 radical (unpaired) electrons. The lowest BCUT2D eigenvalue weighted by Crippen LogP contribution is -2.68. The minimum atomic E-state index is 0.133. The fourth-order valence-corrected chi connectivity index (χ4v) is 6.20. The number of hydrogen-bond acceptors (Lipinski definition) is 3. The summed E-state index contributed by atoms with van der Waals surface area (Å²) in [6.07, 6.45) is 11.2. The van der Waals surface area contributed by atoms with E-state index in [4.69, 9.17) is 4.74 Å². The van der Waals surface area contributed by atoms with E-state index in [0.717, 1.165) is 51.9 Å². The van der Waals surface area contributed by atoms with Crippen LogP contribution in [0.5, 0.6) is 0 Å². The molecule has 5 nitrogen and oxygen atoms in total. The third-order valence-corrected chi connectivity index (χ3v) is 8.08. The molecule has 2 heterocycles. The molecule has 0 bridgehead atoms. The average molecular weight is 474 g/mol. The predicted octanol–water partition coefficient (Wildman–Crippen LogP) is 5.39. The molecule has 35 heavy (non-hydrogen) atoms. The number of fused-ring (bicyclic) bond motifs is 1. The van der Waals surface area contributed by atoms with Gasteiger partial charge in [0.2, 0.25) is 0 Å². The van der Waals surface area contributed by atoms with Crippen molar-refractivity contribution in [3.63, 3.8) is 0 Å². The van der Waals surface area contributed by atoms with Gasteiger partial charge in [0.05, 0.1) is 6.61 Å². The Labute approximate surface area is 210 Å². The summed E-state index contributed by atoms with van der Waals surface area (Å²) in [5.74, 6) is 0.377. The van der Waals surface area contributed by atoms with Crippen LogP contribution >= 0.6 is 0 Å². The van der Waals surface area contributed by atoms with E-state index < -0.39 is 0 Å². The maximum absolute atomic E-state index is 13.1. The molecule has 2 saturated heterocycles. The first-order valence-electron chi connectivity index (χ1n) is 13.4. The lowest BCUT2D eigenvalue weighted by atomic mass is 9.74. The Morgan fingerprint density at radius 3 is 2.34 bits per heavy atom. The summed E-state index contributed by atoms with van der Waals surface area (Å²) in [4.78, 5) is 17.8. The summed E-state index contributed by atoms with van der Waals surface area (Å²) < 4.78 is 5.65. The summed E-state index contributed by atoms with van der Waals surface area (Å²) in [5.41, 5.74) is 3.76. The number of methoxy groups -OCH3 is 1. The number of carbonyl (C=O) groups excluding carboxylic acids is 1. The van der Waals surface area contributed by atoms with Crippen molar-refractivity contribution in [2.45, 2.75) is 62.6 Å². The van der Waals surface area contributed by atoms with Crippen molar-refractivity contribution in [2.75, 3.05) is 33.4 Å². The van der Waals surface area contributed by atoms with Crippen LogP contribution in [0.3, 0.4) is 0 Å². The molecular formula is C30H39N3O2. The zero-order valence-electron chi connectivity index (χ0n) is 20.9. The van der Waals surface area contributed by atoms with Crippen LogP contribution in [0, 0.1) is 0 Å². The molecule has 2 aliphatic heterocycles. The molecule has 3 atom stereocenters. The van der Waals surface area contributed by atoms with Crippen LogP contribution in [0.1, 0.15) is 61.1 Å². The number of ether oxygens (including phenoxy) is 1. The van der Waals surface area contributed by atoms with E-state index in [2.05, 4.69) is 75.8 Å². The largest absolute Gasteiger partial charge is 0.383 e. The molecule has 2 aromatic carbocycles. The minimum Gasteiger partial charge on any atom is -0.383 e. The van der Waals surface area contributed by atoms with E-state index in [-0.39, 0.29) is 6.03 Å². The van der Waals surface area contributed by atoms with E-state index in [1.807, 2.05) is 6.07 Å². The second kappa shape index (κ2) is 11.4. The molecule has 3 fully saturated rings. The van der Waals surface area contributed by atoms with Gasteiger partial charge in [0.15, 0.2) is 0 Å². The molecule has 0 unspecified atom stereocenters. The van der Waals surface area contributed by atoms with E-state index in [0.29, 0.717) is 24.0 Å².